The number of nitrogens with zero attached hydrogens (tertiary/aromatic N) is 1. The maximum atomic E-state index is 12.1. The van der Waals surface area contributed by atoms with Crippen molar-refractivity contribution in [1.29, 1.82) is 0 Å². The number of hydrogen-bond acceptors (Lipinski definition) is 3. The molecule has 0 saturated carbocycles. The normalized spacial score (nSPS) is 11.6. The van der Waals surface area contributed by atoms with E-state index in [2.05, 4.69) is 4.99 Å². The molecule has 25 heavy (non-hydrogen) atoms. The maximum Gasteiger partial charge on any atom is 0.344 e. The summed E-state index contributed by atoms with van der Waals surface area (Å²) in [6.07, 6.45) is 1.68. The second kappa shape index (κ2) is 6.36. The smallest absolute Gasteiger partial charge is 0.344 e. The van der Waals surface area contributed by atoms with E-state index in [1.807, 2.05) is 36.4 Å². The molecule has 0 aliphatic heterocycles. The Morgan fingerprint density at radius 3 is 2.44 bits per heavy atom. The van der Waals surface area contributed by atoms with Crippen LogP contribution in [0.15, 0.2) is 74.9 Å². The molecule has 0 spiro atoms. The quantitative estimate of drug-likeness (QED) is 0.247. The summed E-state index contributed by atoms with van der Waals surface area (Å²) in [5.74, 6) is 0. The van der Waals surface area contributed by atoms with Crippen molar-refractivity contribution >= 4 is 56.8 Å². The summed E-state index contributed by atoms with van der Waals surface area (Å²) in [6, 6.07) is 18.2. The molecule has 0 bridgehead atoms. The van der Waals surface area contributed by atoms with Gasteiger partial charge in [0, 0.05) is 17.7 Å². The molecule has 0 unspecified atom stereocenters. The van der Waals surface area contributed by atoms with Crippen molar-refractivity contribution < 1.29 is 4.42 Å². The largest absolute Gasteiger partial charge is 0.422 e. The summed E-state index contributed by atoms with van der Waals surface area (Å²) in [5, 5.41) is 3.29. The summed E-state index contributed by atoms with van der Waals surface area (Å²) in [4.78, 5) is 16.5. The summed E-state index contributed by atoms with van der Waals surface area (Å²) in [6.45, 7) is 0. The van der Waals surface area contributed by atoms with Crippen molar-refractivity contribution in [3.8, 4) is 0 Å². The Morgan fingerprint density at radius 2 is 1.64 bits per heavy atom. The number of aliphatic imine (C=N–C) groups is 1. The van der Waals surface area contributed by atoms with Crippen molar-refractivity contribution in [3.63, 3.8) is 0 Å². The fraction of sp³-hybridized carbons (Fsp3) is 0. The molecule has 3 nitrogen and oxygen atoms in total. The number of hydrogen-bond donors (Lipinski definition) is 0. The molecule has 0 aliphatic rings. The Hall–Kier alpha value is -2.62. The van der Waals surface area contributed by atoms with Gasteiger partial charge in [0.2, 0.25) is 0 Å². The van der Waals surface area contributed by atoms with Crippen molar-refractivity contribution in [2.75, 3.05) is 0 Å². The molecule has 1 heterocycles. The van der Waals surface area contributed by atoms with Crippen LogP contribution in [0.25, 0.3) is 21.7 Å². The molecule has 0 amide bonds. The van der Waals surface area contributed by atoms with Gasteiger partial charge in [0.15, 0.2) is 0 Å². The van der Waals surface area contributed by atoms with Crippen molar-refractivity contribution in [1.82, 2.24) is 0 Å². The van der Waals surface area contributed by atoms with Gasteiger partial charge < -0.3 is 4.42 Å². The van der Waals surface area contributed by atoms with Crippen molar-refractivity contribution in [2.24, 2.45) is 4.99 Å². The van der Waals surface area contributed by atoms with E-state index >= 15 is 0 Å². The van der Waals surface area contributed by atoms with E-state index in [9.17, 15) is 4.79 Å². The first-order valence-electron chi connectivity index (χ1n) is 7.56. The lowest BCUT2D eigenvalue weighted by Gasteiger charge is -2.03. The minimum atomic E-state index is -0.353. The third-order valence-electron chi connectivity index (χ3n) is 3.91. The third-order valence-corrected chi connectivity index (χ3v) is 4.65. The van der Waals surface area contributed by atoms with Crippen LogP contribution < -0.4 is 5.63 Å². The van der Waals surface area contributed by atoms with Crippen LogP contribution >= 0.6 is 23.2 Å². The van der Waals surface area contributed by atoms with Gasteiger partial charge in [-0.3, -0.25) is 4.99 Å². The highest BCUT2D eigenvalue weighted by atomic mass is 35.5. The number of rotatable bonds is 2. The molecule has 1 aromatic heterocycles. The minimum Gasteiger partial charge on any atom is -0.422 e. The standard InChI is InChI=1S/C20H11Cl2NO2/c21-17-8-5-12(9-18(17)22)11-23-13-6-7-15-14-3-1-2-4-16(14)20(24)25-19(15)10-13/h1-11H. The first-order valence-corrected chi connectivity index (χ1v) is 8.32. The van der Waals surface area contributed by atoms with E-state index in [1.165, 1.54) is 0 Å². The fourth-order valence-electron chi connectivity index (χ4n) is 2.69. The van der Waals surface area contributed by atoms with E-state index in [0.717, 1.165) is 16.3 Å². The number of benzene rings is 3. The summed E-state index contributed by atoms with van der Waals surface area (Å²) in [5.41, 5.74) is 1.66. The Morgan fingerprint density at radius 1 is 0.840 bits per heavy atom. The van der Waals surface area contributed by atoms with E-state index in [0.29, 0.717) is 26.7 Å². The first kappa shape index (κ1) is 15.9. The van der Waals surface area contributed by atoms with Gasteiger partial charge in [0.05, 0.1) is 21.1 Å². The average Bonchev–Trinajstić information content (AvgIpc) is 2.63. The van der Waals surface area contributed by atoms with Crippen LogP contribution in [0.4, 0.5) is 5.69 Å². The molecule has 0 N–H and O–H groups in total. The molecule has 0 aliphatic carbocycles. The Bertz CT molecular complexity index is 1200. The van der Waals surface area contributed by atoms with Crippen molar-refractivity contribution in [3.05, 3.63) is 86.7 Å². The topological polar surface area (TPSA) is 42.6 Å². The van der Waals surface area contributed by atoms with Crippen LogP contribution in [-0.2, 0) is 0 Å². The minimum absolute atomic E-state index is 0.353. The Kier molecular flexibility index (Phi) is 4.04. The zero-order valence-corrected chi connectivity index (χ0v) is 14.4. The predicted molar refractivity (Wildman–Crippen MR) is 104 cm³/mol. The molecule has 0 radical (unpaired) electrons. The molecule has 122 valence electrons. The first-order chi connectivity index (χ1) is 12.1. The monoisotopic (exact) mass is 367 g/mol. The molecular weight excluding hydrogens is 357 g/mol. The molecule has 0 saturated heterocycles. The van der Waals surface area contributed by atoms with Crippen LogP contribution in [0.2, 0.25) is 10.0 Å². The van der Waals surface area contributed by atoms with Gasteiger partial charge in [-0.1, -0.05) is 47.5 Å². The van der Waals surface area contributed by atoms with Crippen LogP contribution in [-0.4, -0.2) is 6.21 Å². The van der Waals surface area contributed by atoms with Gasteiger partial charge in [-0.15, -0.1) is 0 Å². The maximum absolute atomic E-state index is 12.1. The van der Waals surface area contributed by atoms with Crippen LogP contribution in [0.1, 0.15) is 5.56 Å². The predicted octanol–water partition coefficient (Wildman–Crippen LogP) is 6.00. The summed E-state index contributed by atoms with van der Waals surface area (Å²) >= 11 is 11.9. The highest BCUT2D eigenvalue weighted by Crippen LogP contribution is 2.27. The van der Waals surface area contributed by atoms with E-state index in [-0.39, 0.29) is 5.63 Å². The second-order valence-electron chi connectivity index (χ2n) is 5.55. The lowest BCUT2D eigenvalue weighted by molar-refractivity contribution is 0.570. The lowest BCUT2D eigenvalue weighted by atomic mass is 10.1. The van der Waals surface area contributed by atoms with E-state index < -0.39 is 0 Å². The third kappa shape index (κ3) is 3.04. The second-order valence-corrected chi connectivity index (χ2v) is 6.36. The number of halogens is 2. The highest BCUT2D eigenvalue weighted by molar-refractivity contribution is 6.42. The van der Waals surface area contributed by atoms with E-state index in [4.69, 9.17) is 27.6 Å². The molecule has 0 atom stereocenters. The summed E-state index contributed by atoms with van der Waals surface area (Å²) < 4.78 is 5.43. The van der Waals surface area contributed by atoms with E-state index in [1.54, 1.807) is 30.5 Å². The van der Waals surface area contributed by atoms with Gasteiger partial charge in [0.25, 0.3) is 0 Å². The zero-order chi connectivity index (χ0) is 17.4. The molecule has 4 rings (SSSR count). The van der Waals surface area contributed by atoms with Gasteiger partial charge >= 0.3 is 5.63 Å². The van der Waals surface area contributed by atoms with Gasteiger partial charge in [0.1, 0.15) is 5.58 Å². The van der Waals surface area contributed by atoms with Crippen LogP contribution in [0.5, 0.6) is 0 Å². The van der Waals surface area contributed by atoms with Gasteiger partial charge in [-0.05, 0) is 41.3 Å². The SMILES string of the molecule is O=c1oc2cc(N=Cc3ccc(Cl)c(Cl)c3)ccc2c2ccccc12. The molecule has 3 aromatic carbocycles. The molecule has 5 heteroatoms. The van der Waals surface area contributed by atoms with Crippen molar-refractivity contribution in [2.45, 2.75) is 0 Å². The van der Waals surface area contributed by atoms with Crippen LogP contribution in [0.3, 0.4) is 0 Å². The molecular formula is C20H11Cl2NO2. The Balaban J connectivity index is 1.78. The lowest BCUT2D eigenvalue weighted by Crippen LogP contribution is -1.99. The number of fused-ring (bicyclic) bond motifs is 3. The molecule has 0 fully saturated rings. The van der Waals surface area contributed by atoms with Gasteiger partial charge in [-0.25, -0.2) is 4.79 Å². The summed E-state index contributed by atoms with van der Waals surface area (Å²) in [7, 11) is 0. The highest BCUT2D eigenvalue weighted by Gasteiger charge is 2.07. The Labute approximate surface area is 153 Å². The molecule has 4 aromatic rings. The van der Waals surface area contributed by atoms with Crippen LogP contribution in [0, 0.1) is 0 Å². The van der Waals surface area contributed by atoms with Gasteiger partial charge in [-0.2, -0.15) is 0 Å². The average molecular weight is 368 g/mol. The fourth-order valence-corrected chi connectivity index (χ4v) is 3.00. The zero-order valence-electron chi connectivity index (χ0n) is 12.9.